The highest BCUT2D eigenvalue weighted by atomic mass is 35.5. The van der Waals surface area contributed by atoms with Crippen LogP contribution in [0.3, 0.4) is 0 Å². The second-order valence-electron chi connectivity index (χ2n) is 3.96. The van der Waals surface area contributed by atoms with E-state index in [9.17, 15) is 0 Å². The van der Waals surface area contributed by atoms with Gasteiger partial charge in [0.05, 0.1) is 11.6 Å². The van der Waals surface area contributed by atoms with E-state index in [0.29, 0.717) is 11.6 Å². The smallest absolute Gasteiger partial charge is 0.137 e. The summed E-state index contributed by atoms with van der Waals surface area (Å²) in [6, 6.07) is 6.04. The first-order chi connectivity index (χ1) is 7.69. The number of ether oxygens (including phenoxy) is 1. The van der Waals surface area contributed by atoms with Crippen molar-refractivity contribution >= 4 is 11.6 Å². The topological polar surface area (TPSA) is 9.23 Å². The van der Waals surface area contributed by atoms with Crippen LogP contribution in [0.2, 0.25) is 5.02 Å². The third-order valence-electron chi connectivity index (χ3n) is 2.63. The van der Waals surface area contributed by atoms with Crippen LogP contribution in [0.5, 0.6) is 5.75 Å². The molecule has 0 saturated carbocycles. The van der Waals surface area contributed by atoms with Crippen LogP contribution in [0.25, 0.3) is 0 Å². The predicted molar refractivity (Wildman–Crippen MR) is 70.2 cm³/mol. The summed E-state index contributed by atoms with van der Waals surface area (Å²) < 4.78 is 5.41. The number of benzene rings is 1. The largest absolute Gasteiger partial charge is 0.492 e. The maximum absolute atomic E-state index is 6.15. The Balaban J connectivity index is 2.71. The van der Waals surface area contributed by atoms with E-state index in [-0.39, 0.29) is 0 Å². The van der Waals surface area contributed by atoms with Crippen molar-refractivity contribution in [1.82, 2.24) is 0 Å². The average Bonchev–Trinajstić information content (AvgIpc) is 2.29. The average molecular weight is 240 g/mol. The van der Waals surface area contributed by atoms with Crippen LogP contribution in [0.4, 0.5) is 0 Å². The van der Waals surface area contributed by atoms with Gasteiger partial charge in [-0.3, -0.25) is 0 Å². The molecule has 0 unspecified atom stereocenters. The third kappa shape index (κ3) is 3.71. The third-order valence-corrected chi connectivity index (χ3v) is 2.93. The Morgan fingerprint density at radius 2 is 2.06 bits per heavy atom. The summed E-state index contributed by atoms with van der Waals surface area (Å²) in [6.45, 7) is 6.99. The molecule has 1 aromatic carbocycles. The van der Waals surface area contributed by atoms with Gasteiger partial charge in [-0.25, -0.2) is 0 Å². The van der Waals surface area contributed by atoms with E-state index in [1.54, 1.807) is 0 Å². The monoisotopic (exact) mass is 239 g/mol. The number of halogens is 1. The Kier molecular flexibility index (Phi) is 5.68. The van der Waals surface area contributed by atoms with Gasteiger partial charge >= 0.3 is 0 Å². The molecule has 1 radical (unpaired) electrons. The molecule has 1 rings (SSSR count). The molecular formula is C14H20ClO. The second-order valence-corrected chi connectivity index (χ2v) is 4.37. The Labute approximate surface area is 104 Å². The van der Waals surface area contributed by atoms with E-state index in [4.69, 9.17) is 16.3 Å². The van der Waals surface area contributed by atoms with Gasteiger partial charge in [-0.1, -0.05) is 44.4 Å². The molecule has 0 amide bonds. The fraction of sp³-hybridized carbons (Fsp3) is 0.500. The minimum atomic E-state index is 0.650. The van der Waals surface area contributed by atoms with Gasteiger partial charge in [-0.15, -0.1) is 0 Å². The van der Waals surface area contributed by atoms with Crippen molar-refractivity contribution in [3.05, 3.63) is 34.7 Å². The van der Waals surface area contributed by atoms with Crippen molar-refractivity contribution in [3.8, 4) is 5.75 Å². The molecule has 16 heavy (non-hydrogen) atoms. The minimum absolute atomic E-state index is 0.650. The maximum Gasteiger partial charge on any atom is 0.137 e. The molecule has 0 atom stereocenters. The van der Waals surface area contributed by atoms with Crippen LogP contribution < -0.4 is 4.74 Å². The maximum atomic E-state index is 6.15. The molecule has 0 aromatic heterocycles. The Bertz CT molecular complexity index is 323. The molecule has 0 spiro atoms. The molecule has 0 aliphatic rings. The number of rotatable bonds is 6. The fourth-order valence-electron chi connectivity index (χ4n) is 1.63. The first kappa shape index (κ1) is 13.4. The lowest BCUT2D eigenvalue weighted by molar-refractivity contribution is 0.340. The number of unbranched alkanes of at least 4 members (excludes halogenated alkanes) is 1. The summed E-state index contributed by atoms with van der Waals surface area (Å²) in [5.41, 5.74) is 1.22. The van der Waals surface area contributed by atoms with Gasteiger partial charge in [-0.2, -0.15) is 0 Å². The summed E-state index contributed by atoms with van der Waals surface area (Å²) in [4.78, 5) is 0. The predicted octanol–water partition coefficient (Wildman–Crippen LogP) is 4.87. The molecule has 89 valence electrons. The van der Waals surface area contributed by atoms with Gasteiger partial charge in [0, 0.05) is 5.92 Å². The quantitative estimate of drug-likeness (QED) is 0.688. The lowest BCUT2D eigenvalue weighted by Crippen LogP contribution is -1.97. The Morgan fingerprint density at radius 3 is 2.62 bits per heavy atom. The van der Waals surface area contributed by atoms with Crippen LogP contribution >= 0.6 is 11.6 Å². The van der Waals surface area contributed by atoms with E-state index in [1.807, 2.05) is 19.1 Å². The van der Waals surface area contributed by atoms with Gasteiger partial charge in [0.1, 0.15) is 5.75 Å². The van der Waals surface area contributed by atoms with Crippen molar-refractivity contribution in [2.24, 2.45) is 0 Å². The molecule has 0 N–H and O–H groups in total. The number of hydrogen-bond donors (Lipinski definition) is 0. The number of hydrogen-bond acceptors (Lipinski definition) is 1. The van der Waals surface area contributed by atoms with E-state index < -0.39 is 0 Å². The molecule has 0 aliphatic heterocycles. The van der Waals surface area contributed by atoms with E-state index in [2.05, 4.69) is 19.9 Å². The SMILES string of the molecule is CCCC[C](C)c1ccc(OCC)c(Cl)c1. The van der Waals surface area contributed by atoms with Crippen LogP contribution in [0.15, 0.2) is 18.2 Å². The van der Waals surface area contributed by atoms with Gasteiger partial charge in [0.15, 0.2) is 0 Å². The summed E-state index contributed by atoms with van der Waals surface area (Å²) >= 11 is 6.15. The van der Waals surface area contributed by atoms with E-state index in [0.717, 1.165) is 12.2 Å². The molecule has 1 aromatic rings. The zero-order chi connectivity index (χ0) is 12.0. The summed E-state index contributed by atoms with van der Waals surface area (Å²) in [5, 5.41) is 0.704. The van der Waals surface area contributed by atoms with Crippen molar-refractivity contribution in [2.45, 2.75) is 40.0 Å². The summed E-state index contributed by atoms with van der Waals surface area (Å²) in [7, 11) is 0. The first-order valence-electron chi connectivity index (χ1n) is 5.94. The minimum Gasteiger partial charge on any atom is -0.492 e. The van der Waals surface area contributed by atoms with Crippen LogP contribution in [0.1, 0.15) is 45.6 Å². The summed E-state index contributed by atoms with van der Waals surface area (Å²) in [6.07, 6.45) is 3.60. The van der Waals surface area contributed by atoms with Gasteiger partial charge in [0.2, 0.25) is 0 Å². The van der Waals surface area contributed by atoms with Crippen molar-refractivity contribution in [2.75, 3.05) is 6.61 Å². The Morgan fingerprint density at radius 1 is 1.31 bits per heavy atom. The van der Waals surface area contributed by atoms with Crippen molar-refractivity contribution in [3.63, 3.8) is 0 Å². The second kappa shape index (κ2) is 6.80. The molecule has 0 fully saturated rings. The van der Waals surface area contributed by atoms with Crippen molar-refractivity contribution in [1.29, 1.82) is 0 Å². The standard InChI is InChI=1S/C14H20ClO/c1-4-6-7-11(3)12-8-9-14(16-5-2)13(15)10-12/h8-10H,4-7H2,1-3H3. The molecule has 0 bridgehead atoms. The van der Waals surface area contributed by atoms with Gasteiger partial charge in [-0.05, 0) is 31.0 Å². The highest BCUT2D eigenvalue weighted by Gasteiger charge is 2.08. The molecule has 0 aliphatic carbocycles. The summed E-state index contributed by atoms with van der Waals surface area (Å²) in [5.74, 6) is 2.17. The molecule has 2 heteroatoms. The van der Waals surface area contributed by atoms with Crippen LogP contribution in [-0.4, -0.2) is 6.61 Å². The van der Waals surface area contributed by atoms with Gasteiger partial charge < -0.3 is 4.74 Å². The highest BCUT2D eigenvalue weighted by Crippen LogP contribution is 2.29. The van der Waals surface area contributed by atoms with Crippen LogP contribution in [-0.2, 0) is 0 Å². The van der Waals surface area contributed by atoms with Gasteiger partial charge in [0.25, 0.3) is 0 Å². The van der Waals surface area contributed by atoms with Crippen molar-refractivity contribution < 1.29 is 4.74 Å². The lowest BCUT2D eigenvalue weighted by atomic mass is 9.95. The van der Waals surface area contributed by atoms with E-state index in [1.165, 1.54) is 24.3 Å². The zero-order valence-corrected chi connectivity index (χ0v) is 11.1. The molecule has 0 heterocycles. The first-order valence-corrected chi connectivity index (χ1v) is 6.32. The normalized spacial score (nSPS) is 10.8. The zero-order valence-electron chi connectivity index (χ0n) is 10.3. The van der Waals surface area contributed by atoms with E-state index >= 15 is 0 Å². The molecule has 1 nitrogen and oxygen atoms in total. The molecule has 0 saturated heterocycles. The lowest BCUT2D eigenvalue weighted by Gasteiger charge is -2.13. The molecular weight excluding hydrogens is 220 g/mol. The Hall–Kier alpha value is -0.690. The van der Waals surface area contributed by atoms with Crippen LogP contribution in [0, 0.1) is 5.92 Å². The fourth-order valence-corrected chi connectivity index (χ4v) is 1.86. The highest BCUT2D eigenvalue weighted by molar-refractivity contribution is 6.32.